The van der Waals surface area contributed by atoms with Crippen molar-refractivity contribution < 1.29 is 9.13 Å². The maximum atomic E-state index is 12.6. The Kier molecular flexibility index (Phi) is 5.25. The summed E-state index contributed by atoms with van der Waals surface area (Å²) in [4.78, 5) is 10.8. The highest BCUT2D eigenvalue weighted by molar-refractivity contribution is 7.85. The molecule has 5 nitrogen and oxygen atoms in total. The van der Waals surface area contributed by atoms with Gasteiger partial charge < -0.3 is 5.73 Å². The molecule has 0 aliphatic heterocycles. The summed E-state index contributed by atoms with van der Waals surface area (Å²) in [7, 11) is -1.19. The molecular formula is C14H20N2O3S. The van der Waals surface area contributed by atoms with E-state index in [0.29, 0.717) is 4.90 Å². The van der Waals surface area contributed by atoms with Gasteiger partial charge in [0.05, 0.1) is 21.0 Å². The second-order valence-corrected chi connectivity index (χ2v) is 6.91. The van der Waals surface area contributed by atoms with E-state index in [2.05, 4.69) is 0 Å². The number of nitrogens with two attached hydrogens (primary N) is 1. The molecule has 0 amide bonds. The molecule has 3 unspecified atom stereocenters. The first-order valence-corrected chi connectivity index (χ1v) is 8.21. The van der Waals surface area contributed by atoms with Crippen LogP contribution in [0.3, 0.4) is 0 Å². The van der Waals surface area contributed by atoms with Gasteiger partial charge in [0.2, 0.25) is 0 Å². The van der Waals surface area contributed by atoms with Crippen LogP contribution in [-0.4, -0.2) is 20.4 Å². The number of hydrogen-bond acceptors (Lipinski definition) is 4. The minimum Gasteiger partial charge on any atom is -0.327 e. The molecule has 1 saturated carbocycles. The Labute approximate surface area is 121 Å². The van der Waals surface area contributed by atoms with Crippen molar-refractivity contribution >= 4 is 16.5 Å². The summed E-state index contributed by atoms with van der Waals surface area (Å²) >= 11 is 0. The quantitative estimate of drug-likeness (QED) is 0.686. The minimum atomic E-state index is -1.19. The van der Waals surface area contributed by atoms with Crippen LogP contribution in [0.25, 0.3) is 0 Å². The smallest absolute Gasteiger partial charge is 0.269 e. The highest BCUT2D eigenvalue weighted by Crippen LogP contribution is 2.25. The molecule has 0 aromatic heterocycles. The molecule has 3 atom stereocenters. The van der Waals surface area contributed by atoms with Gasteiger partial charge in [-0.2, -0.15) is 0 Å². The lowest BCUT2D eigenvalue weighted by molar-refractivity contribution is -0.384. The highest BCUT2D eigenvalue weighted by Gasteiger charge is 2.26. The minimum absolute atomic E-state index is 0.0210. The van der Waals surface area contributed by atoms with Gasteiger partial charge >= 0.3 is 0 Å². The molecule has 1 fully saturated rings. The first-order valence-electron chi connectivity index (χ1n) is 7.00. The SMILES string of the molecule is NC1CCCCCCC1S(=O)c1ccc([N+](=O)[O-])cc1. The van der Waals surface area contributed by atoms with Crippen molar-refractivity contribution in [3.63, 3.8) is 0 Å². The second kappa shape index (κ2) is 6.95. The standard InChI is InChI=1S/C14H20N2O3S/c15-13-5-3-1-2-4-6-14(13)20(19)12-9-7-11(8-10-12)16(17)18/h7-10,13-14H,1-6,15H2. The van der Waals surface area contributed by atoms with E-state index in [4.69, 9.17) is 5.73 Å². The number of nitro groups is 1. The van der Waals surface area contributed by atoms with Gasteiger partial charge in [-0.05, 0) is 25.0 Å². The van der Waals surface area contributed by atoms with E-state index in [0.717, 1.165) is 25.7 Å². The fraction of sp³-hybridized carbons (Fsp3) is 0.571. The Morgan fingerprint density at radius 2 is 1.70 bits per heavy atom. The van der Waals surface area contributed by atoms with Crippen LogP contribution in [0.2, 0.25) is 0 Å². The zero-order valence-corrected chi connectivity index (χ0v) is 12.2. The summed E-state index contributed by atoms with van der Waals surface area (Å²) in [6.07, 6.45) is 6.28. The average Bonchev–Trinajstić information content (AvgIpc) is 2.43. The van der Waals surface area contributed by atoms with Gasteiger partial charge in [-0.15, -0.1) is 0 Å². The van der Waals surface area contributed by atoms with Crippen molar-refractivity contribution in [2.75, 3.05) is 0 Å². The molecule has 2 rings (SSSR count). The lowest BCUT2D eigenvalue weighted by Crippen LogP contribution is -2.38. The Hall–Kier alpha value is -1.27. The third-order valence-electron chi connectivity index (χ3n) is 3.81. The second-order valence-electron chi connectivity index (χ2n) is 5.24. The molecule has 0 saturated heterocycles. The molecule has 0 heterocycles. The van der Waals surface area contributed by atoms with Gasteiger partial charge in [-0.1, -0.05) is 25.7 Å². The summed E-state index contributed by atoms with van der Waals surface area (Å²) in [6, 6.07) is 5.93. The van der Waals surface area contributed by atoms with Gasteiger partial charge in [-0.25, -0.2) is 0 Å². The van der Waals surface area contributed by atoms with Crippen LogP contribution in [0.5, 0.6) is 0 Å². The Morgan fingerprint density at radius 1 is 1.10 bits per heavy atom. The predicted molar refractivity (Wildman–Crippen MR) is 79.0 cm³/mol. The summed E-state index contributed by atoms with van der Waals surface area (Å²) < 4.78 is 12.6. The largest absolute Gasteiger partial charge is 0.327 e. The summed E-state index contributed by atoms with van der Waals surface area (Å²) in [5, 5.41) is 10.6. The fourth-order valence-electron chi connectivity index (χ4n) is 2.62. The van der Waals surface area contributed by atoms with E-state index in [1.54, 1.807) is 12.1 Å². The maximum absolute atomic E-state index is 12.6. The molecule has 1 aliphatic rings. The summed E-state index contributed by atoms with van der Waals surface area (Å²) in [5.74, 6) is 0. The monoisotopic (exact) mass is 296 g/mol. The molecule has 0 spiro atoms. The van der Waals surface area contributed by atoms with Crippen molar-refractivity contribution in [1.29, 1.82) is 0 Å². The van der Waals surface area contributed by atoms with Crippen LogP contribution in [0.1, 0.15) is 38.5 Å². The highest BCUT2D eigenvalue weighted by atomic mass is 32.2. The first kappa shape index (κ1) is 15.1. The van der Waals surface area contributed by atoms with Crippen molar-refractivity contribution in [3.05, 3.63) is 34.4 Å². The molecule has 110 valence electrons. The molecule has 1 aliphatic carbocycles. The van der Waals surface area contributed by atoms with E-state index >= 15 is 0 Å². The third-order valence-corrected chi connectivity index (χ3v) is 5.68. The molecule has 2 N–H and O–H groups in total. The average molecular weight is 296 g/mol. The van der Waals surface area contributed by atoms with E-state index in [-0.39, 0.29) is 17.0 Å². The summed E-state index contributed by atoms with van der Waals surface area (Å²) in [5.41, 5.74) is 6.18. The molecule has 0 radical (unpaired) electrons. The van der Waals surface area contributed by atoms with Gasteiger partial charge in [0.25, 0.3) is 5.69 Å². The number of benzene rings is 1. The van der Waals surface area contributed by atoms with Crippen LogP contribution in [-0.2, 0) is 10.8 Å². The Morgan fingerprint density at radius 3 is 2.30 bits per heavy atom. The van der Waals surface area contributed by atoms with Gasteiger partial charge in [0.1, 0.15) is 0 Å². The van der Waals surface area contributed by atoms with E-state index in [1.165, 1.54) is 25.0 Å². The van der Waals surface area contributed by atoms with Gasteiger partial charge in [0.15, 0.2) is 0 Å². The normalized spacial score (nSPS) is 25.4. The lowest BCUT2D eigenvalue weighted by Gasteiger charge is -2.25. The first-order chi connectivity index (χ1) is 9.59. The third kappa shape index (κ3) is 3.64. The molecule has 1 aromatic carbocycles. The van der Waals surface area contributed by atoms with Crippen LogP contribution < -0.4 is 5.73 Å². The van der Waals surface area contributed by atoms with E-state index in [9.17, 15) is 14.3 Å². The number of nitro benzene ring substituents is 1. The van der Waals surface area contributed by atoms with Crippen LogP contribution in [0.4, 0.5) is 5.69 Å². The lowest BCUT2D eigenvalue weighted by atomic mass is 9.97. The summed E-state index contributed by atoms with van der Waals surface area (Å²) in [6.45, 7) is 0. The number of non-ortho nitro benzene ring substituents is 1. The number of rotatable bonds is 3. The molecular weight excluding hydrogens is 276 g/mol. The van der Waals surface area contributed by atoms with Crippen molar-refractivity contribution in [2.45, 2.75) is 54.7 Å². The molecule has 20 heavy (non-hydrogen) atoms. The van der Waals surface area contributed by atoms with Gasteiger partial charge in [-0.3, -0.25) is 14.3 Å². The number of hydrogen-bond donors (Lipinski definition) is 1. The molecule has 1 aromatic rings. The Bertz CT molecular complexity index is 490. The van der Waals surface area contributed by atoms with Gasteiger partial charge in [0, 0.05) is 23.1 Å². The maximum Gasteiger partial charge on any atom is 0.269 e. The van der Waals surface area contributed by atoms with Crippen LogP contribution in [0, 0.1) is 10.1 Å². The molecule has 6 heteroatoms. The zero-order chi connectivity index (χ0) is 14.5. The van der Waals surface area contributed by atoms with Crippen molar-refractivity contribution in [1.82, 2.24) is 0 Å². The van der Waals surface area contributed by atoms with Crippen molar-refractivity contribution in [2.24, 2.45) is 5.73 Å². The van der Waals surface area contributed by atoms with E-state index < -0.39 is 15.7 Å². The van der Waals surface area contributed by atoms with E-state index in [1.807, 2.05) is 0 Å². The topological polar surface area (TPSA) is 86.2 Å². The number of nitrogens with zero attached hydrogens (tertiary/aromatic N) is 1. The zero-order valence-electron chi connectivity index (χ0n) is 11.4. The Balaban J connectivity index is 2.13. The van der Waals surface area contributed by atoms with Crippen molar-refractivity contribution in [3.8, 4) is 0 Å². The molecule has 0 bridgehead atoms. The van der Waals surface area contributed by atoms with Crippen LogP contribution in [0.15, 0.2) is 29.2 Å². The van der Waals surface area contributed by atoms with Crippen LogP contribution >= 0.6 is 0 Å². The predicted octanol–water partition coefficient (Wildman–Crippen LogP) is 2.75. The fourth-order valence-corrected chi connectivity index (χ4v) is 4.21.